The summed E-state index contributed by atoms with van der Waals surface area (Å²) in [6.45, 7) is 4.08. The first-order valence-electron chi connectivity index (χ1n) is 5.67. The largest absolute Gasteiger partial charge is 0.416 e. The molecule has 0 aliphatic carbocycles. The van der Waals surface area contributed by atoms with Crippen molar-refractivity contribution in [3.05, 3.63) is 35.4 Å². The van der Waals surface area contributed by atoms with Gasteiger partial charge in [-0.1, -0.05) is 26.0 Å². The minimum absolute atomic E-state index is 0.247. The van der Waals surface area contributed by atoms with Crippen molar-refractivity contribution >= 4 is 6.21 Å². The first kappa shape index (κ1) is 13.7. The van der Waals surface area contributed by atoms with Gasteiger partial charge in [-0.05, 0) is 30.5 Å². The molecule has 0 radical (unpaired) electrons. The van der Waals surface area contributed by atoms with Crippen LogP contribution in [0.1, 0.15) is 37.8 Å². The van der Waals surface area contributed by atoms with Crippen LogP contribution in [0, 0.1) is 0 Å². The summed E-state index contributed by atoms with van der Waals surface area (Å²) in [5.74, 6) is 0. The molecule has 0 unspecified atom stereocenters. The summed E-state index contributed by atoms with van der Waals surface area (Å²) in [6, 6.07) is 5.28. The number of hydrogen-bond donors (Lipinski definition) is 0. The van der Waals surface area contributed by atoms with Crippen LogP contribution >= 0.6 is 0 Å². The molecule has 0 fully saturated rings. The van der Waals surface area contributed by atoms with Gasteiger partial charge in [0.15, 0.2) is 0 Å². The molecular formula is C13H16F3N. The smallest absolute Gasteiger partial charge is 0.289 e. The Hall–Kier alpha value is -1.32. The number of nitrogens with zero attached hydrogens (tertiary/aromatic N) is 1. The van der Waals surface area contributed by atoms with Crippen molar-refractivity contribution in [3.63, 3.8) is 0 Å². The third-order valence-corrected chi connectivity index (χ3v) is 2.61. The number of hydrogen-bond acceptors (Lipinski definition) is 1. The van der Waals surface area contributed by atoms with E-state index < -0.39 is 11.7 Å². The maximum absolute atomic E-state index is 12.3. The van der Waals surface area contributed by atoms with E-state index in [4.69, 9.17) is 0 Å². The molecule has 0 aliphatic rings. The second-order valence-electron chi connectivity index (χ2n) is 3.87. The molecule has 17 heavy (non-hydrogen) atoms. The van der Waals surface area contributed by atoms with Gasteiger partial charge in [0.05, 0.1) is 5.56 Å². The third kappa shape index (κ3) is 4.21. The highest BCUT2D eigenvalue weighted by Gasteiger charge is 2.29. The van der Waals surface area contributed by atoms with E-state index >= 15 is 0 Å². The SMILES string of the molecule is CCC(CC)N=Cc1ccc(C(F)(F)F)cc1. The Morgan fingerprint density at radius 3 is 2.06 bits per heavy atom. The van der Waals surface area contributed by atoms with E-state index in [1.807, 2.05) is 13.8 Å². The zero-order valence-electron chi connectivity index (χ0n) is 9.96. The van der Waals surface area contributed by atoms with Gasteiger partial charge in [0.25, 0.3) is 0 Å². The van der Waals surface area contributed by atoms with E-state index in [0.717, 1.165) is 25.0 Å². The molecule has 0 aromatic heterocycles. The topological polar surface area (TPSA) is 12.4 Å². The Morgan fingerprint density at radius 1 is 1.12 bits per heavy atom. The summed E-state index contributed by atoms with van der Waals surface area (Å²) in [6.07, 6.45) is -0.760. The maximum Gasteiger partial charge on any atom is 0.416 e. The molecule has 0 amide bonds. The standard InChI is InChI=1S/C13H16F3N/c1-3-12(4-2)17-9-10-5-7-11(8-6-10)13(14,15)16/h5-9,12H,3-4H2,1-2H3. The molecule has 4 heteroatoms. The Kier molecular flexibility index (Phi) is 4.73. The van der Waals surface area contributed by atoms with Gasteiger partial charge in [0.1, 0.15) is 0 Å². The molecule has 0 aliphatic heterocycles. The van der Waals surface area contributed by atoms with E-state index in [0.29, 0.717) is 5.56 Å². The molecule has 1 nitrogen and oxygen atoms in total. The van der Waals surface area contributed by atoms with Crippen molar-refractivity contribution < 1.29 is 13.2 Å². The predicted octanol–water partition coefficient (Wildman–Crippen LogP) is 4.31. The maximum atomic E-state index is 12.3. The number of alkyl halides is 3. The van der Waals surface area contributed by atoms with Gasteiger partial charge in [-0.2, -0.15) is 13.2 Å². The van der Waals surface area contributed by atoms with Crippen LogP contribution in [0.3, 0.4) is 0 Å². The van der Waals surface area contributed by atoms with Crippen molar-refractivity contribution in [2.24, 2.45) is 4.99 Å². The minimum Gasteiger partial charge on any atom is -0.289 e. The molecule has 0 N–H and O–H groups in total. The molecular weight excluding hydrogens is 227 g/mol. The van der Waals surface area contributed by atoms with Gasteiger partial charge in [-0.3, -0.25) is 4.99 Å². The lowest BCUT2D eigenvalue weighted by Gasteiger charge is -2.07. The summed E-state index contributed by atoms with van der Waals surface area (Å²) in [7, 11) is 0. The molecule has 0 spiro atoms. The van der Waals surface area contributed by atoms with E-state index in [9.17, 15) is 13.2 Å². The second kappa shape index (κ2) is 5.84. The quantitative estimate of drug-likeness (QED) is 0.698. The van der Waals surface area contributed by atoms with Crippen molar-refractivity contribution in [1.29, 1.82) is 0 Å². The lowest BCUT2D eigenvalue weighted by atomic mass is 10.1. The van der Waals surface area contributed by atoms with Crippen molar-refractivity contribution in [2.45, 2.75) is 38.9 Å². The summed E-state index contributed by atoms with van der Waals surface area (Å²) in [5, 5.41) is 0. The van der Waals surface area contributed by atoms with Crippen LogP contribution in [-0.2, 0) is 6.18 Å². The second-order valence-corrected chi connectivity index (χ2v) is 3.87. The zero-order valence-corrected chi connectivity index (χ0v) is 9.96. The molecule has 1 aromatic carbocycles. The fourth-order valence-corrected chi connectivity index (χ4v) is 1.45. The van der Waals surface area contributed by atoms with Crippen LogP contribution < -0.4 is 0 Å². The van der Waals surface area contributed by atoms with Crippen LogP contribution in [0.2, 0.25) is 0 Å². The van der Waals surface area contributed by atoms with Gasteiger partial charge < -0.3 is 0 Å². The fraction of sp³-hybridized carbons (Fsp3) is 0.462. The Morgan fingerprint density at radius 2 is 1.65 bits per heavy atom. The van der Waals surface area contributed by atoms with Crippen molar-refractivity contribution in [1.82, 2.24) is 0 Å². The first-order chi connectivity index (χ1) is 7.97. The fourth-order valence-electron chi connectivity index (χ4n) is 1.45. The third-order valence-electron chi connectivity index (χ3n) is 2.61. The number of rotatable bonds is 4. The van der Waals surface area contributed by atoms with Gasteiger partial charge in [0, 0.05) is 12.3 Å². The van der Waals surface area contributed by atoms with Gasteiger partial charge in [-0.25, -0.2) is 0 Å². The molecule has 0 atom stereocenters. The highest BCUT2D eigenvalue weighted by molar-refractivity contribution is 5.79. The number of aliphatic imine (C=N–C) groups is 1. The van der Waals surface area contributed by atoms with E-state index in [2.05, 4.69) is 4.99 Å². The molecule has 1 rings (SSSR count). The summed E-state index contributed by atoms with van der Waals surface area (Å²) < 4.78 is 36.9. The molecule has 0 saturated carbocycles. The molecule has 0 heterocycles. The van der Waals surface area contributed by atoms with Crippen molar-refractivity contribution in [3.8, 4) is 0 Å². The average Bonchev–Trinajstić information content (AvgIpc) is 2.30. The van der Waals surface area contributed by atoms with E-state index in [1.54, 1.807) is 6.21 Å². The van der Waals surface area contributed by atoms with E-state index in [1.165, 1.54) is 12.1 Å². The molecule has 0 bridgehead atoms. The van der Waals surface area contributed by atoms with Gasteiger partial charge in [0.2, 0.25) is 0 Å². The minimum atomic E-state index is -4.27. The summed E-state index contributed by atoms with van der Waals surface area (Å²) in [5.41, 5.74) is 0.0714. The Balaban J connectivity index is 2.75. The van der Waals surface area contributed by atoms with Crippen LogP contribution in [0.5, 0.6) is 0 Å². The normalized spacial score (nSPS) is 12.6. The Bertz CT molecular complexity index is 361. The molecule has 94 valence electrons. The number of benzene rings is 1. The van der Waals surface area contributed by atoms with Crippen LogP contribution in [0.15, 0.2) is 29.3 Å². The van der Waals surface area contributed by atoms with Crippen LogP contribution in [0.25, 0.3) is 0 Å². The van der Waals surface area contributed by atoms with Gasteiger partial charge >= 0.3 is 6.18 Å². The van der Waals surface area contributed by atoms with Crippen molar-refractivity contribution in [2.75, 3.05) is 0 Å². The predicted molar refractivity (Wildman–Crippen MR) is 63.4 cm³/mol. The molecule has 0 saturated heterocycles. The molecule has 1 aromatic rings. The van der Waals surface area contributed by atoms with E-state index in [-0.39, 0.29) is 6.04 Å². The zero-order chi connectivity index (χ0) is 12.9. The monoisotopic (exact) mass is 243 g/mol. The van der Waals surface area contributed by atoms with Crippen LogP contribution in [-0.4, -0.2) is 12.3 Å². The number of halogens is 3. The van der Waals surface area contributed by atoms with Gasteiger partial charge in [-0.15, -0.1) is 0 Å². The summed E-state index contributed by atoms with van der Waals surface area (Å²) in [4.78, 5) is 4.32. The summed E-state index contributed by atoms with van der Waals surface area (Å²) >= 11 is 0. The lowest BCUT2D eigenvalue weighted by Crippen LogP contribution is -2.04. The average molecular weight is 243 g/mol. The first-order valence-corrected chi connectivity index (χ1v) is 5.67. The lowest BCUT2D eigenvalue weighted by molar-refractivity contribution is -0.137. The highest BCUT2D eigenvalue weighted by atomic mass is 19.4. The van der Waals surface area contributed by atoms with Crippen LogP contribution in [0.4, 0.5) is 13.2 Å². The Labute approximate surface area is 99.4 Å². The highest BCUT2D eigenvalue weighted by Crippen LogP contribution is 2.28.